The summed E-state index contributed by atoms with van der Waals surface area (Å²) in [4.78, 5) is 23.5. The van der Waals surface area contributed by atoms with E-state index in [0.717, 1.165) is 33.3 Å². The van der Waals surface area contributed by atoms with Gasteiger partial charge in [-0.3, -0.25) is 19.2 Å². The molecule has 30 heavy (non-hydrogen) atoms. The van der Waals surface area contributed by atoms with Crippen LogP contribution in [-0.4, -0.2) is 31.5 Å². The van der Waals surface area contributed by atoms with E-state index in [2.05, 4.69) is 5.32 Å². The molecule has 9 heteroatoms. The van der Waals surface area contributed by atoms with Crippen LogP contribution in [0.15, 0.2) is 42.5 Å². The zero-order valence-corrected chi connectivity index (χ0v) is 18.6. The van der Waals surface area contributed by atoms with Gasteiger partial charge in [0.25, 0.3) is 5.69 Å². The second kappa shape index (κ2) is 9.25. The molecular formula is C21H27N3O5S. The highest BCUT2D eigenvalue weighted by atomic mass is 32.2. The molecule has 0 unspecified atom stereocenters. The number of nitro benzene ring substituents is 1. The molecule has 1 amide bonds. The normalized spacial score (nSPS) is 13.4. The Morgan fingerprint density at radius 3 is 2.40 bits per heavy atom. The molecule has 162 valence electrons. The van der Waals surface area contributed by atoms with Gasteiger partial charge < -0.3 is 5.32 Å². The molecule has 0 saturated carbocycles. The summed E-state index contributed by atoms with van der Waals surface area (Å²) in [5.74, 6) is -0.487. The van der Waals surface area contributed by atoms with E-state index in [9.17, 15) is 23.3 Å². The van der Waals surface area contributed by atoms with Gasteiger partial charge in [-0.25, -0.2) is 8.42 Å². The van der Waals surface area contributed by atoms with Crippen molar-refractivity contribution in [1.29, 1.82) is 0 Å². The number of benzene rings is 2. The summed E-state index contributed by atoms with van der Waals surface area (Å²) in [6, 6.07) is 9.80. The molecule has 2 rings (SSSR count). The average Bonchev–Trinajstić information content (AvgIpc) is 2.65. The van der Waals surface area contributed by atoms with Crippen LogP contribution in [0.2, 0.25) is 0 Å². The molecule has 8 nitrogen and oxygen atoms in total. The topological polar surface area (TPSA) is 110 Å². The van der Waals surface area contributed by atoms with Gasteiger partial charge in [0.15, 0.2) is 0 Å². The first-order valence-electron chi connectivity index (χ1n) is 9.57. The minimum absolute atomic E-state index is 0.0638. The quantitative estimate of drug-likeness (QED) is 0.505. The molecule has 0 fully saturated rings. The number of hydrogen-bond acceptors (Lipinski definition) is 5. The number of rotatable bonds is 8. The molecule has 2 atom stereocenters. The van der Waals surface area contributed by atoms with Gasteiger partial charge in [-0.2, -0.15) is 0 Å². The number of anilines is 1. The highest BCUT2D eigenvalue weighted by Crippen LogP contribution is 2.26. The van der Waals surface area contributed by atoms with E-state index in [1.807, 2.05) is 39.0 Å². The molecule has 0 aromatic heterocycles. The van der Waals surface area contributed by atoms with E-state index >= 15 is 0 Å². The predicted octanol–water partition coefficient (Wildman–Crippen LogP) is 3.63. The van der Waals surface area contributed by atoms with Crippen molar-refractivity contribution in [3.05, 3.63) is 69.3 Å². The number of nitrogens with zero attached hydrogens (tertiary/aromatic N) is 2. The van der Waals surface area contributed by atoms with Crippen LogP contribution in [0.3, 0.4) is 0 Å². The number of carbonyl (C=O) groups is 1. The van der Waals surface area contributed by atoms with Crippen LogP contribution in [0.4, 0.5) is 11.4 Å². The smallest absolute Gasteiger partial charge is 0.271 e. The number of sulfonamides is 1. The lowest BCUT2D eigenvalue weighted by Crippen LogP contribution is -2.48. The first kappa shape index (κ1) is 23.3. The van der Waals surface area contributed by atoms with E-state index in [0.29, 0.717) is 6.42 Å². The maximum absolute atomic E-state index is 13.0. The lowest BCUT2D eigenvalue weighted by molar-refractivity contribution is -0.384. The highest BCUT2D eigenvalue weighted by Gasteiger charge is 2.31. The number of hydrogen-bond donors (Lipinski definition) is 1. The maximum Gasteiger partial charge on any atom is 0.271 e. The van der Waals surface area contributed by atoms with Crippen molar-refractivity contribution >= 4 is 27.3 Å². The fraction of sp³-hybridized carbons (Fsp3) is 0.381. The number of carbonyl (C=O) groups excluding carboxylic acids is 1. The van der Waals surface area contributed by atoms with E-state index in [-0.39, 0.29) is 17.4 Å². The van der Waals surface area contributed by atoms with Gasteiger partial charge in [-0.15, -0.1) is 0 Å². The molecule has 0 saturated heterocycles. The Labute approximate surface area is 177 Å². The van der Waals surface area contributed by atoms with E-state index in [4.69, 9.17) is 0 Å². The first-order valence-corrected chi connectivity index (χ1v) is 11.4. The second-order valence-electron chi connectivity index (χ2n) is 7.34. The van der Waals surface area contributed by atoms with Crippen molar-refractivity contribution in [1.82, 2.24) is 5.32 Å². The highest BCUT2D eigenvalue weighted by molar-refractivity contribution is 7.92. The summed E-state index contributed by atoms with van der Waals surface area (Å²) < 4.78 is 25.8. The number of nitrogens with one attached hydrogen (secondary N) is 1. The van der Waals surface area contributed by atoms with Crippen LogP contribution in [0.25, 0.3) is 0 Å². The summed E-state index contributed by atoms with van der Waals surface area (Å²) >= 11 is 0. The zero-order valence-electron chi connectivity index (χ0n) is 17.7. The molecule has 1 N–H and O–H groups in total. The number of aryl methyl sites for hydroxylation is 2. The molecule has 2 aromatic rings. The fourth-order valence-electron chi connectivity index (χ4n) is 3.46. The van der Waals surface area contributed by atoms with Crippen LogP contribution in [0.5, 0.6) is 0 Å². The van der Waals surface area contributed by atoms with Gasteiger partial charge >= 0.3 is 0 Å². The third kappa shape index (κ3) is 5.35. The van der Waals surface area contributed by atoms with Crippen molar-refractivity contribution in [2.75, 3.05) is 10.6 Å². The molecular weight excluding hydrogens is 406 g/mol. The van der Waals surface area contributed by atoms with Crippen LogP contribution in [-0.2, 0) is 14.8 Å². The van der Waals surface area contributed by atoms with Gasteiger partial charge in [0.05, 0.1) is 22.9 Å². The summed E-state index contributed by atoms with van der Waals surface area (Å²) in [7, 11) is -3.88. The Hall–Kier alpha value is -2.94. The Bertz CT molecular complexity index is 1050. The molecule has 2 aromatic carbocycles. The monoisotopic (exact) mass is 433 g/mol. The molecule has 0 aliphatic carbocycles. The molecule has 0 heterocycles. The number of amides is 1. The summed E-state index contributed by atoms with van der Waals surface area (Å²) in [5.41, 5.74) is 2.92. The van der Waals surface area contributed by atoms with Crippen LogP contribution < -0.4 is 9.62 Å². The first-order chi connectivity index (χ1) is 14.0. The number of non-ortho nitro benzene ring substituents is 1. The summed E-state index contributed by atoms with van der Waals surface area (Å²) in [5, 5.41) is 14.0. The minimum Gasteiger partial charge on any atom is -0.347 e. The van der Waals surface area contributed by atoms with Crippen molar-refractivity contribution < 1.29 is 18.1 Å². The standard InChI is InChI=1S/C21H27N3O5S/c1-6-20(19-11-10-14(2)12-15(19)3)22-21(25)16(4)23(30(5,28)29)17-8-7-9-18(13-17)24(26)27/h7-13,16,20H,6H2,1-5H3,(H,22,25)/t16-,20+/m1/s1. The molecule has 0 aliphatic heterocycles. The van der Waals surface area contributed by atoms with Gasteiger partial charge in [0, 0.05) is 12.1 Å². The maximum atomic E-state index is 13.0. The van der Waals surface area contributed by atoms with E-state index < -0.39 is 26.9 Å². The third-order valence-electron chi connectivity index (χ3n) is 4.91. The third-order valence-corrected chi connectivity index (χ3v) is 6.15. The fourth-order valence-corrected chi connectivity index (χ4v) is 4.63. The van der Waals surface area contributed by atoms with Gasteiger partial charge in [-0.05, 0) is 44.4 Å². The largest absolute Gasteiger partial charge is 0.347 e. The van der Waals surface area contributed by atoms with Crippen molar-refractivity contribution in [2.24, 2.45) is 0 Å². The van der Waals surface area contributed by atoms with Crippen molar-refractivity contribution in [2.45, 2.75) is 46.2 Å². The Balaban J connectivity index is 2.36. The molecule has 0 spiro atoms. The lowest BCUT2D eigenvalue weighted by Gasteiger charge is -2.30. The predicted molar refractivity (Wildman–Crippen MR) is 117 cm³/mol. The Morgan fingerprint density at radius 2 is 1.87 bits per heavy atom. The molecule has 0 aliphatic rings. The Morgan fingerprint density at radius 1 is 1.20 bits per heavy atom. The Kier molecular flexibility index (Phi) is 7.20. The lowest BCUT2D eigenvalue weighted by atomic mass is 9.97. The van der Waals surface area contributed by atoms with Crippen molar-refractivity contribution in [3.63, 3.8) is 0 Å². The molecule has 0 bridgehead atoms. The van der Waals surface area contributed by atoms with Crippen LogP contribution >= 0.6 is 0 Å². The van der Waals surface area contributed by atoms with Gasteiger partial charge in [0.1, 0.15) is 6.04 Å². The SMILES string of the molecule is CC[C@H](NC(=O)[C@@H](C)N(c1cccc([N+](=O)[O-])c1)S(C)(=O)=O)c1ccc(C)cc1C. The van der Waals surface area contributed by atoms with Gasteiger partial charge in [-0.1, -0.05) is 36.8 Å². The van der Waals surface area contributed by atoms with Gasteiger partial charge in [0.2, 0.25) is 15.9 Å². The van der Waals surface area contributed by atoms with Crippen LogP contribution in [0, 0.1) is 24.0 Å². The van der Waals surface area contributed by atoms with Crippen LogP contribution in [0.1, 0.15) is 43.0 Å². The number of nitro groups is 1. The van der Waals surface area contributed by atoms with E-state index in [1.165, 1.54) is 25.1 Å². The zero-order chi connectivity index (χ0) is 22.6. The van der Waals surface area contributed by atoms with E-state index in [1.54, 1.807) is 0 Å². The second-order valence-corrected chi connectivity index (χ2v) is 9.20. The average molecular weight is 434 g/mol. The van der Waals surface area contributed by atoms with Crippen molar-refractivity contribution in [3.8, 4) is 0 Å². The summed E-state index contributed by atoms with van der Waals surface area (Å²) in [6.07, 6.45) is 1.59. The minimum atomic E-state index is -3.88. The summed E-state index contributed by atoms with van der Waals surface area (Å²) in [6.45, 7) is 7.35. The molecule has 0 radical (unpaired) electrons.